The third-order valence-electron chi connectivity index (χ3n) is 1.76. The molecule has 0 aromatic carbocycles. The quantitative estimate of drug-likeness (QED) is 0.626. The van der Waals surface area contributed by atoms with E-state index in [2.05, 4.69) is 5.32 Å². The lowest BCUT2D eigenvalue weighted by molar-refractivity contribution is 0.0708. The van der Waals surface area contributed by atoms with E-state index < -0.39 is 12.0 Å². The summed E-state index contributed by atoms with van der Waals surface area (Å²) in [5, 5.41) is 2.68. The number of hydrogen-bond acceptors (Lipinski definition) is 3. The molecule has 0 aliphatic carbocycles. The van der Waals surface area contributed by atoms with Crippen LogP contribution in [0.15, 0.2) is 0 Å². The molecule has 0 spiro atoms. The number of rotatable bonds is 7. The van der Waals surface area contributed by atoms with Crippen molar-refractivity contribution in [2.45, 2.75) is 25.8 Å². The molecule has 0 aliphatic heterocycles. The van der Waals surface area contributed by atoms with E-state index in [0.717, 1.165) is 0 Å². The van der Waals surface area contributed by atoms with Gasteiger partial charge in [-0.3, -0.25) is 0 Å². The summed E-state index contributed by atoms with van der Waals surface area (Å²) >= 11 is 0. The monoisotopic (exact) mass is 196 g/mol. The average molecular weight is 196 g/mol. The minimum Gasteiger partial charge on any atom is -0.380 e. The van der Waals surface area contributed by atoms with Crippen LogP contribution in [0, 0.1) is 0 Å². The maximum atomic E-state index is 11.9. The predicted molar refractivity (Wildman–Crippen MR) is 48.0 cm³/mol. The molecular weight excluding hydrogens is 178 g/mol. The highest BCUT2D eigenvalue weighted by molar-refractivity contribution is 4.84. The van der Waals surface area contributed by atoms with Crippen LogP contribution in [0.1, 0.15) is 13.8 Å². The minimum atomic E-state index is -2.35. The van der Waals surface area contributed by atoms with Crippen LogP contribution in [0.25, 0.3) is 0 Å². The van der Waals surface area contributed by atoms with Crippen LogP contribution < -0.4 is 11.1 Å². The van der Waals surface area contributed by atoms with Gasteiger partial charge in [0.1, 0.15) is 0 Å². The molecule has 0 saturated carbocycles. The smallest absolute Gasteiger partial charge is 0.250 e. The first-order chi connectivity index (χ1) is 6.04. The van der Waals surface area contributed by atoms with E-state index >= 15 is 0 Å². The molecule has 0 rings (SSSR count). The van der Waals surface area contributed by atoms with Crippen LogP contribution in [0.4, 0.5) is 8.78 Å². The highest BCUT2D eigenvalue weighted by Gasteiger charge is 2.23. The molecule has 0 aromatic rings. The van der Waals surface area contributed by atoms with Crippen LogP contribution in [-0.2, 0) is 4.74 Å². The Kier molecular flexibility index (Phi) is 6.11. The van der Waals surface area contributed by atoms with Crippen molar-refractivity contribution < 1.29 is 13.5 Å². The molecule has 0 heterocycles. The molecular formula is C8H18F2N2O. The summed E-state index contributed by atoms with van der Waals surface area (Å²) in [5.41, 5.74) is 4.90. The molecule has 5 heteroatoms. The second-order valence-corrected chi connectivity index (χ2v) is 3.17. The summed E-state index contributed by atoms with van der Waals surface area (Å²) in [7, 11) is 0. The predicted octanol–water partition coefficient (Wildman–Crippen LogP) is 0.595. The molecule has 0 radical (unpaired) electrons. The van der Waals surface area contributed by atoms with Crippen molar-refractivity contribution in [1.82, 2.24) is 5.32 Å². The molecule has 3 nitrogen and oxygen atoms in total. The average Bonchev–Trinajstić information content (AvgIpc) is 2.11. The molecule has 80 valence electrons. The summed E-state index contributed by atoms with van der Waals surface area (Å²) < 4.78 is 28.9. The first-order valence-electron chi connectivity index (χ1n) is 4.35. The highest BCUT2D eigenvalue weighted by Crippen LogP contribution is 2.03. The second-order valence-electron chi connectivity index (χ2n) is 3.17. The van der Waals surface area contributed by atoms with Crippen molar-refractivity contribution in [3.8, 4) is 0 Å². The molecule has 3 N–H and O–H groups in total. The van der Waals surface area contributed by atoms with Gasteiger partial charge in [-0.1, -0.05) is 0 Å². The normalized spacial score (nSPS) is 16.2. The third kappa shape index (κ3) is 5.90. The number of nitrogens with one attached hydrogen (secondary N) is 1. The fourth-order valence-electron chi connectivity index (χ4n) is 0.833. The fraction of sp³-hybridized carbons (Fsp3) is 1.00. The van der Waals surface area contributed by atoms with Gasteiger partial charge < -0.3 is 15.8 Å². The SMILES string of the molecule is CCOCC(C)(CN)NCC(F)F. The largest absolute Gasteiger partial charge is 0.380 e. The number of hydrogen-bond donors (Lipinski definition) is 2. The Morgan fingerprint density at radius 2 is 2.15 bits per heavy atom. The van der Waals surface area contributed by atoms with Crippen LogP contribution in [-0.4, -0.2) is 38.3 Å². The van der Waals surface area contributed by atoms with Gasteiger partial charge in [0.15, 0.2) is 0 Å². The van der Waals surface area contributed by atoms with E-state index in [1.54, 1.807) is 6.92 Å². The number of nitrogens with two attached hydrogens (primary N) is 1. The van der Waals surface area contributed by atoms with Gasteiger partial charge in [-0.2, -0.15) is 0 Å². The molecule has 1 unspecified atom stereocenters. The Bertz CT molecular complexity index is 135. The molecule has 0 bridgehead atoms. The minimum absolute atomic E-state index is 0.278. The van der Waals surface area contributed by atoms with Gasteiger partial charge >= 0.3 is 0 Å². The van der Waals surface area contributed by atoms with Crippen LogP contribution in [0.2, 0.25) is 0 Å². The standard InChI is InChI=1S/C8H18F2N2O/c1-3-13-6-8(2,5-11)12-4-7(9)10/h7,12H,3-6,11H2,1-2H3. The maximum Gasteiger partial charge on any atom is 0.250 e. The van der Waals surface area contributed by atoms with Crippen molar-refractivity contribution in [3.05, 3.63) is 0 Å². The first kappa shape index (κ1) is 12.7. The zero-order valence-corrected chi connectivity index (χ0v) is 8.15. The topological polar surface area (TPSA) is 47.3 Å². The summed E-state index contributed by atoms with van der Waals surface area (Å²) in [4.78, 5) is 0. The van der Waals surface area contributed by atoms with Crippen LogP contribution >= 0.6 is 0 Å². The van der Waals surface area contributed by atoms with Gasteiger partial charge in [-0.05, 0) is 13.8 Å². The van der Waals surface area contributed by atoms with Crippen molar-refractivity contribution in [1.29, 1.82) is 0 Å². The van der Waals surface area contributed by atoms with Gasteiger partial charge in [0.05, 0.1) is 18.7 Å². The number of halogens is 2. The molecule has 1 atom stereocenters. The molecule has 13 heavy (non-hydrogen) atoms. The van der Waals surface area contributed by atoms with E-state index in [0.29, 0.717) is 13.2 Å². The van der Waals surface area contributed by atoms with Crippen molar-refractivity contribution in [3.63, 3.8) is 0 Å². The zero-order valence-electron chi connectivity index (χ0n) is 8.15. The van der Waals surface area contributed by atoms with Gasteiger partial charge in [0.25, 0.3) is 6.43 Å². The zero-order chi connectivity index (χ0) is 10.3. The van der Waals surface area contributed by atoms with Crippen LogP contribution in [0.5, 0.6) is 0 Å². The van der Waals surface area contributed by atoms with Crippen LogP contribution in [0.3, 0.4) is 0 Å². The molecule has 0 fully saturated rings. The maximum absolute atomic E-state index is 11.9. The van der Waals surface area contributed by atoms with E-state index in [4.69, 9.17) is 10.5 Å². The highest BCUT2D eigenvalue weighted by atomic mass is 19.3. The van der Waals surface area contributed by atoms with E-state index in [1.807, 2.05) is 6.92 Å². The Hall–Kier alpha value is -0.260. The Morgan fingerprint density at radius 3 is 2.54 bits per heavy atom. The summed E-state index contributed by atoms with van der Waals surface area (Å²) in [6.45, 7) is 4.47. The summed E-state index contributed by atoms with van der Waals surface area (Å²) in [6.07, 6.45) is -2.35. The first-order valence-corrected chi connectivity index (χ1v) is 4.35. The van der Waals surface area contributed by atoms with E-state index in [9.17, 15) is 8.78 Å². The van der Waals surface area contributed by atoms with E-state index in [1.165, 1.54) is 0 Å². The Balaban J connectivity index is 3.81. The summed E-state index contributed by atoms with van der Waals surface area (Å²) in [5.74, 6) is 0. The number of alkyl halides is 2. The summed E-state index contributed by atoms with van der Waals surface area (Å²) in [6, 6.07) is 0. The lowest BCUT2D eigenvalue weighted by Crippen LogP contribution is -2.53. The lowest BCUT2D eigenvalue weighted by atomic mass is 10.0. The van der Waals surface area contributed by atoms with Gasteiger partial charge in [-0.15, -0.1) is 0 Å². The Morgan fingerprint density at radius 1 is 1.54 bits per heavy atom. The van der Waals surface area contributed by atoms with Gasteiger partial charge in [0, 0.05) is 13.2 Å². The van der Waals surface area contributed by atoms with Crippen molar-refractivity contribution >= 4 is 0 Å². The molecule has 0 amide bonds. The third-order valence-corrected chi connectivity index (χ3v) is 1.76. The van der Waals surface area contributed by atoms with Crippen molar-refractivity contribution in [2.24, 2.45) is 5.73 Å². The molecule has 0 saturated heterocycles. The van der Waals surface area contributed by atoms with Gasteiger partial charge in [-0.25, -0.2) is 8.78 Å². The molecule has 0 aromatic heterocycles. The molecule has 0 aliphatic rings. The second kappa shape index (κ2) is 6.23. The number of ether oxygens (including phenoxy) is 1. The van der Waals surface area contributed by atoms with Crippen molar-refractivity contribution in [2.75, 3.05) is 26.3 Å². The van der Waals surface area contributed by atoms with E-state index in [-0.39, 0.29) is 13.1 Å². The van der Waals surface area contributed by atoms with Gasteiger partial charge in [0.2, 0.25) is 0 Å². The lowest BCUT2D eigenvalue weighted by Gasteiger charge is -2.28. The fourth-order valence-corrected chi connectivity index (χ4v) is 0.833. The Labute approximate surface area is 77.6 Å².